The fraction of sp³-hybridized carbons (Fsp3) is 0.364. The number of nitrogens with one attached hydrogen (secondary N) is 2. The molecule has 130 valence electrons. The van der Waals surface area contributed by atoms with Gasteiger partial charge in [-0.3, -0.25) is 0 Å². The molecule has 3 aromatic rings. The Kier molecular flexibility index (Phi) is 4.86. The third-order valence-electron chi connectivity index (χ3n) is 5.64. The summed E-state index contributed by atoms with van der Waals surface area (Å²) in [7, 11) is 0. The maximum atomic E-state index is 10.7. The van der Waals surface area contributed by atoms with Crippen LogP contribution in [0.1, 0.15) is 30.1 Å². The van der Waals surface area contributed by atoms with Crippen LogP contribution >= 0.6 is 0 Å². The average Bonchev–Trinajstić information content (AvgIpc) is 3.08. The number of hydrogen-bond acceptors (Lipinski definition) is 1. The van der Waals surface area contributed by atoms with Crippen molar-refractivity contribution < 1.29 is 10.0 Å². The van der Waals surface area contributed by atoms with Gasteiger partial charge in [0.05, 0.1) is 13.1 Å². The Labute approximate surface area is 149 Å². The maximum absolute atomic E-state index is 10.7. The summed E-state index contributed by atoms with van der Waals surface area (Å²) in [5.41, 5.74) is 3.59. The lowest BCUT2D eigenvalue weighted by atomic mass is 9.90. The molecule has 0 unspecified atom stereocenters. The van der Waals surface area contributed by atoms with E-state index in [0.717, 1.165) is 42.0 Å². The van der Waals surface area contributed by atoms with Gasteiger partial charge in [0.25, 0.3) is 0 Å². The molecule has 1 fully saturated rings. The van der Waals surface area contributed by atoms with Crippen molar-refractivity contribution in [1.29, 1.82) is 0 Å². The van der Waals surface area contributed by atoms with Crippen LogP contribution in [0.5, 0.6) is 0 Å². The molecule has 2 heterocycles. The number of aliphatic hydroxyl groups excluding tert-OH is 1. The molecule has 25 heavy (non-hydrogen) atoms. The highest BCUT2D eigenvalue weighted by atomic mass is 16.3. The standard InChI is InChI=1S/C22H26N2O/c25-22(20-15-23-21-9-5-4-8-19(20)21)16-24-12-10-18(11-13-24)14-17-6-2-1-3-7-17/h1-9,15,18,22-23,25H,10-14,16H2/p+1/t22-/m0/s1. The van der Waals surface area contributed by atoms with E-state index in [9.17, 15) is 5.11 Å². The molecule has 0 spiro atoms. The van der Waals surface area contributed by atoms with E-state index in [1.807, 2.05) is 18.3 Å². The van der Waals surface area contributed by atoms with Crippen molar-refractivity contribution in [2.24, 2.45) is 5.92 Å². The minimum Gasteiger partial charge on any atom is -0.382 e. The van der Waals surface area contributed by atoms with Crippen molar-refractivity contribution in [2.75, 3.05) is 19.6 Å². The minimum absolute atomic E-state index is 0.392. The Morgan fingerprint density at radius 2 is 1.72 bits per heavy atom. The maximum Gasteiger partial charge on any atom is 0.130 e. The van der Waals surface area contributed by atoms with Crippen molar-refractivity contribution in [3.05, 3.63) is 71.9 Å². The molecular formula is C22H27N2O+. The van der Waals surface area contributed by atoms with Crippen LogP contribution in [0.15, 0.2) is 60.8 Å². The zero-order valence-electron chi connectivity index (χ0n) is 14.6. The van der Waals surface area contributed by atoms with Crippen LogP contribution in [0, 0.1) is 5.92 Å². The first-order valence-corrected chi connectivity index (χ1v) is 9.41. The van der Waals surface area contributed by atoms with Gasteiger partial charge in [-0.25, -0.2) is 0 Å². The third-order valence-corrected chi connectivity index (χ3v) is 5.64. The van der Waals surface area contributed by atoms with Crippen LogP contribution in [-0.2, 0) is 6.42 Å². The molecular weight excluding hydrogens is 308 g/mol. The largest absolute Gasteiger partial charge is 0.382 e. The molecule has 0 amide bonds. The van der Waals surface area contributed by atoms with Crippen LogP contribution < -0.4 is 4.90 Å². The summed E-state index contributed by atoms with van der Waals surface area (Å²) >= 11 is 0. The number of aliphatic hydroxyl groups is 1. The summed E-state index contributed by atoms with van der Waals surface area (Å²) in [6.07, 6.45) is 5.28. The molecule has 0 aliphatic carbocycles. The molecule has 1 aliphatic heterocycles. The van der Waals surface area contributed by atoms with Crippen molar-refractivity contribution in [3.8, 4) is 0 Å². The third kappa shape index (κ3) is 3.78. The van der Waals surface area contributed by atoms with E-state index >= 15 is 0 Å². The molecule has 0 radical (unpaired) electrons. The summed E-state index contributed by atoms with van der Waals surface area (Å²) < 4.78 is 0. The fourth-order valence-electron chi connectivity index (χ4n) is 4.19. The zero-order valence-corrected chi connectivity index (χ0v) is 14.6. The molecule has 1 aliphatic rings. The van der Waals surface area contributed by atoms with Crippen LogP contribution in [0.3, 0.4) is 0 Å². The molecule has 0 saturated carbocycles. The van der Waals surface area contributed by atoms with Crippen LogP contribution in [-0.4, -0.2) is 29.7 Å². The predicted molar refractivity (Wildman–Crippen MR) is 102 cm³/mol. The van der Waals surface area contributed by atoms with Crippen molar-refractivity contribution >= 4 is 10.9 Å². The first-order valence-electron chi connectivity index (χ1n) is 9.41. The Bertz CT molecular complexity index is 803. The highest BCUT2D eigenvalue weighted by Gasteiger charge is 2.25. The number of benzene rings is 2. The predicted octanol–water partition coefficient (Wildman–Crippen LogP) is 2.74. The SMILES string of the molecule is O[C@@H](C[NH+]1CCC(Cc2ccccc2)CC1)c1c[nH]c2ccccc12. The van der Waals surface area contributed by atoms with Gasteiger partial charge < -0.3 is 15.0 Å². The lowest BCUT2D eigenvalue weighted by molar-refractivity contribution is -0.910. The van der Waals surface area contributed by atoms with Crippen molar-refractivity contribution in [2.45, 2.75) is 25.4 Å². The summed E-state index contributed by atoms with van der Waals surface area (Å²) in [6.45, 7) is 3.13. The molecule has 2 aromatic carbocycles. The number of fused-ring (bicyclic) bond motifs is 1. The van der Waals surface area contributed by atoms with Gasteiger partial charge in [0.1, 0.15) is 12.6 Å². The Morgan fingerprint density at radius 3 is 2.52 bits per heavy atom. The highest BCUT2D eigenvalue weighted by Crippen LogP contribution is 2.23. The second-order valence-electron chi connectivity index (χ2n) is 7.39. The van der Waals surface area contributed by atoms with E-state index in [1.165, 1.54) is 29.7 Å². The van der Waals surface area contributed by atoms with E-state index < -0.39 is 6.10 Å². The van der Waals surface area contributed by atoms with E-state index in [4.69, 9.17) is 0 Å². The van der Waals surface area contributed by atoms with Gasteiger partial charge in [-0.1, -0.05) is 48.5 Å². The Morgan fingerprint density at radius 1 is 1.00 bits per heavy atom. The quantitative estimate of drug-likeness (QED) is 0.659. The molecule has 0 bridgehead atoms. The molecule has 1 aromatic heterocycles. The topological polar surface area (TPSA) is 40.5 Å². The van der Waals surface area contributed by atoms with Gasteiger partial charge >= 0.3 is 0 Å². The molecule has 1 saturated heterocycles. The Balaban J connectivity index is 1.32. The number of aromatic amines is 1. The van der Waals surface area contributed by atoms with Gasteiger partial charge in [-0.2, -0.15) is 0 Å². The summed E-state index contributed by atoms with van der Waals surface area (Å²) in [4.78, 5) is 4.80. The number of hydrogen-bond donors (Lipinski definition) is 3. The number of aromatic nitrogens is 1. The number of likely N-dealkylation sites (tertiary alicyclic amines) is 1. The van der Waals surface area contributed by atoms with Crippen LogP contribution in [0.2, 0.25) is 0 Å². The lowest BCUT2D eigenvalue weighted by Crippen LogP contribution is -3.13. The molecule has 4 rings (SSSR count). The summed E-state index contributed by atoms with van der Waals surface area (Å²) in [5.74, 6) is 0.788. The minimum atomic E-state index is -0.392. The Hall–Kier alpha value is -2.10. The molecule has 3 heteroatoms. The molecule has 1 atom stereocenters. The van der Waals surface area contributed by atoms with Crippen LogP contribution in [0.4, 0.5) is 0 Å². The zero-order chi connectivity index (χ0) is 17.1. The van der Waals surface area contributed by atoms with E-state index in [1.54, 1.807) is 0 Å². The number of quaternary nitrogens is 1. The smallest absolute Gasteiger partial charge is 0.130 e. The lowest BCUT2D eigenvalue weighted by Gasteiger charge is -2.30. The van der Waals surface area contributed by atoms with Crippen LogP contribution in [0.25, 0.3) is 10.9 Å². The number of H-pyrrole nitrogens is 1. The number of para-hydroxylation sites is 1. The van der Waals surface area contributed by atoms with Crippen molar-refractivity contribution in [3.63, 3.8) is 0 Å². The van der Waals surface area contributed by atoms with E-state index in [2.05, 4.69) is 47.4 Å². The highest BCUT2D eigenvalue weighted by molar-refractivity contribution is 5.83. The summed E-state index contributed by atoms with van der Waals surface area (Å²) in [5, 5.41) is 11.9. The van der Waals surface area contributed by atoms with Gasteiger partial charge in [0.2, 0.25) is 0 Å². The normalized spacial score (nSPS) is 22.1. The number of rotatable bonds is 5. The second-order valence-corrected chi connectivity index (χ2v) is 7.39. The van der Waals surface area contributed by atoms with Gasteiger partial charge in [-0.15, -0.1) is 0 Å². The summed E-state index contributed by atoms with van der Waals surface area (Å²) in [6, 6.07) is 19.0. The van der Waals surface area contributed by atoms with Gasteiger partial charge in [-0.05, 0) is 36.8 Å². The number of piperidine rings is 1. The van der Waals surface area contributed by atoms with Gasteiger partial charge in [0.15, 0.2) is 0 Å². The van der Waals surface area contributed by atoms with Crippen molar-refractivity contribution in [1.82, 2.24) is 4.98 Å². The van der Waals surface area contributed by atoms with E-state index in [-0.39, 0.29) is 0 Å². The van der Waals surface area contributed by atoms with Gasteiger partial charge in [0, 0.05) is 22.7 Å². The second kappa shape index (κ2) is 7.42. The first-order chi connectivity index (χ1) is 12.3. The fourth-order valence-corrected chi connectivity index (χ4v) is 4.19. The molecule has 3 N–H and O–H groups in total. The monoisotopic (exact) mass is 335 g/mol. The molecule has 3 nitrogen and oxygen atoms in total. The first kappa shape index (κ1) is 16.4. The average molecular weight is 335 g/mol. The van der Waals surface area contributed by atoms with E-state index in [0.29, 0.717) is 0 Å².